The standard InChI is InChI=1S/C76H105N3O43/c80-18-36-60-45(89)53(97)70(109-36)118-62-38(20-82)111-72(55(99)47(62)91)120-64-40(22-84)113-74(57(101)49(64)93)122-66-42(24-86)114-75(58(102)50(66)94)121-65-41(23-85)112-73(56(100)48(65)92)119-63-39(21-83)110-71(54(98)46(63)90)117-61-37(19-81)108-69(52(96)44(61)88)115-59-35(107-68(116-60)51(95)43(59)87)17-79(14-13-77-34(67(103)104)15-26-16-78-33-12-6-5-7-27(26)33)76(105)106-25-32-30-10-3-1-8-28(30)29-9-2-4-11-31(29)32/h1-12,16,32,34-66,68-75,77-78,80-102H,13-15,17-25H2,(H,103,104)/t34-,35+,36+,37+,38+,39+,40+,41+,42+,43+,44+,45+,46+,47+,48+,49+,50+,51+,52+,53+,54+,55+,56+,57+,58+,59+,60+,61+,62+,63+,64+,65+,66+,68+,69+,70+,71+,72+,73+,74+,75+/m0/s1. The number of H-pyrrole nitrogens is 1. The molecule has 16 bridgehead atoms. The van der Waals surface area contributed by atoms with Gasteiger partial charge in [0, 0.05) is 42.5 Å². The largest absolute Gasteiger partial charge is 0.480 e. The molecule has 31 aliphatic rings. The predicted octanol–water partition coefficient (Wildman–Crippen LogP) is -12.4. The van der Waals surface area contributed by atoms with Crippen LogP contribution in [-0.4, -0.2) is 469 Å². The fourth-order valence-electron chi connectivity index (χ4n) is 17.2. The van der Waals surface area contributed by atoms with Gasteiger partial charge < -0.3 is 218 Å². The molecule has 30 saturated heterocycles. The smallest absolute Gasteiger partial charge is 0.409 e. The van der Waals surface area contributed by atoms with Crippen molar-refractivity contribution in [3.63, 3.8) is 0 Å². The van der Waals surface area contributed by atoms with Crippen LogP contribution in [0.3, 0.4) is 0 Å². The first-order valence-electron chi connectivity index (χ1n) is 39.8. The molecule has 0 unspecified atom stereocenters. The number of aromatic nitrogens is 1. The Kier molecular flexibility index (Phi) is 30.3. The van der Waals surface area contributed by atoms with Crippen molar-refractivity contribution in [3.05, 3.63) is 95.7 Å². The van der Waals surface area contributed by atoms with Crippen LogP contribution in [0.15, 0.2) is 79.0 Å². The van der Waals surface area contributed by atoms with Gasteiger partial charge in [0.15, 0.2) is 50.3 Å². The van der Waals surface area contributed by atoms with Crippen LogP contribution in [0.2, 0.25) is 0 Å². The maximum atomic E-state index is 15.2. The van der Waals surface area contributed by atoms with Crippen LogP contribution in [0, 0.1) is 0 Å². The minimum absolute atomic E-state index is 0.0955. The second-order valence-electron chi connectivity index (χ2n) is 31.4. The van der Waals surface area contributed by atoms with E-state index in [4.69, 9.17) is 80.5 Å². The fraction of sp³-hybridized carbons (Fsp3) is 0.711. The van der Waals surface area contributed by atoms with Gasteiger partial charge in [-0.1, -0.05) is 66.7 Å². The van der Waals surface area contributed by atoms with Crippen molar-refractivity contribution in [2.45, 2.75) is 264 Å². The van der Waals surface area contributed by atoms with Crippen LogP contribution in [0.25, 0.3) is 22.0 Å². The number of carboxylic acids is 1. The molecular weight excluding hydrogens is 1640 g/mol. The highest BCUT2D eigenvalue weighted by Gasteiger charge is 2.61. The normalized spacial score (nSPS) is 43.8. The summed E-state index contributed by atoms with van der Waals surface area (Å²) in [4.78, 5) is 32.3. The molecule has 46 heteroatoms. The zero-order valence-corrected chi connectivity index (χ0v) is 64.7. The number of carbonyl (C=O) groups excluding carboxylic acids is 1. The molecule has 30 aliphatic heterocycles. The van der Waals surface area contributed by atoms with Gasteiger partial charge in [-0.3, -0.25) is 4.79 Å². The lowest BCUT2D eigenvalue weighted by atomic mass is 9.94. The van der Waals surface area contributed by atoms with Crippen molar-refractivity contribution in [1.29, 1.82) is 0 Å². The Morgan fingerprint density at radius 1 is 0.361 bits per heavy atom. The Labute approximate surface area is 691 Å². The van der Waals surface area contributed by atoms with Gasteiger partial charge in [-0.05, 0) is 33.9 Å². The van der Waals surface area contributed by atoms with E-state index in [1.807, 2.05) is 36.4 Å². The first-order chi connectivity index (χ1) is 58.5. The molecular formula is C76H105N3O43. The summed E-state index contributed by atoms with van der Waals surface area (Å²) in [7, 11) is 0. The number of para-hydroxylation sites is 1. The quantitative estimate of drug-likeness (QED) is 0.0440. The van der Waals surface area contributed by atoms with E-state index >= 15 is 4.79 Å². The van der Waals surface area contributed by atoms with Gasteiger partial charge in [0.1, 0.15) is 208 Å². The van der Waals surface area contributed by atoms with Gasteiger partial charge in [-0.25, -0.2) is 4.79 Å². The van der Waals surface area contributed by atoms with Gasteiger partial charge >= 0.3 is 12.1 Å². The highest BCUT2D eigenvalue weighted by atomic mass is 16.8. The molecule has 46 nitrogen and oxygen atoms in total. The van der Waals surface area contributed by atoms with Crippen LogP contribution < -0.4 is 5.32 Å². The van der Waals surface area contributed by atoms with E-state index in [0.29, 0.717) is 16.5 Å². The van der Waals surface area contributed by atoms with E-state index in [1.54, 1.807) is 42.6 Å². The molecule has 0 spiro atoms. The predicted molar refractivity (Wildman–Crippen MR) is 392 cm³/mol. The van der Waals surface area contributed by atoms with Crippen molar-refractivity contribution in [3.8, 4) is 11.1 Å². The van der Waals surface area contributed by atoms with Crippen molar-refractivity contribution in [1.82, 2.24) is 15.2 Å². The van der Waals surface area contributed by atoms with E-state index in [2.05, 4.69) is 10.3 Å². The highest BCUT2D eigenvalue weighted by Crippen LogP contribution is 2.46. The van der Waals surface area contributed by atoms with Crippen molar-refractivity contribution >= 4 is 23.0 Å². The van der Waals surface area contributed by atoms with E-state index in [0.717, 1.165) is 27.2 Å². The molecule has 4 aromatic rings. The van der Waals surface area contributed by atoms with Gasteiger partial charge in [0.25, 0.3) is 0 Å². The third-order valence-corrected chi connectivity index (χ3v) is 23.9. The molecule has 31 heterocycles. The zero-order valence-electron chi connectivity index (χ0n) is 64.7. The summed E-state index contributed by atoms with van der Waals surface area (Å²) >= 11 is 0. The molecule has 122 heavy (non-hydrogen) atoms. The molecule has 1 aliphatic carbocycles. The third kappa shape index (κ3) is 18.6. The Hall–Kier alpha value is -5.66. The summed E-state index contributed by atoms with van der Waals surface area (Å²) in [6.45, 7) is -10.00. The first-order valence-corrected chi connectivity index (χ1v) is 39.8. The molecule has 26 N–H and O–H groups in total. The first kappa shape index (κ1) is 92.5. The van der Waals surface area contributed by atoms with Crippen LogP contribution in [0.1, 0.15) is 22.6 Å². The van der Waals surface area contributed by atoms with Crippen LogP contribution in [0.5, 0.6) is 0 Å². The Balaban J connectivity index is 0.769. The molecule has 30 fully saturated rings. The summed E-state index contributed by atoms with van der Waals surface area (Å²) in [6.07, 6.45) is -85.5. The number of nitrogens with zero attached hydrogens (tertiary/aromatic N) is 1. The Bertz CT molecular complexity index is 3990. The monoisotopic (exact) mass is 1750 g/mol. The molecule has 1 amide bonds. The lowest BCUT2D eigenvalue weighted by molar-refractivity contribution is -0.403. The number of benzene rings is 3. The average Bonchev–Trinajstić information content (AvgIpc) is 1.67. The number of aliphatic hydroxyl groups excluding tert-OH is 23. The number of aromatic amines is 1. The molecule has 682 valence electrons. The summed E-state index contributed by atoms with van der Waals surface area (Å²) < 4.78 is 101. The number of ether oxygens (including phenoxy) is 17. The maximum Gasteiger partial charge on any atom is 0.409 e. The number of hydrogen-bond donors (Lipinski definition) is 26. The SMILES string of the molecule is O=C(O)[C@H](Cc1c[nH]c2ccccc12)NCCN(C[C@H]1O[C@@H]2O[C@H]3[C@H](O)[C@@H](O)[C@@H](O[C@H]4[C@H](O)[C@@H](O)[C@@H](O[C@H]5[C@H](O)[C@@H](O)[C@@H](O[C@H]6[C@H](O)[C@@H](O)[C@@H](O[C@H]7[C@H](O)[C@@H](O)[C@@H](O[C@H]8[C@H](O)[C@@H](O)[C@@H](O[C@H]9[C@H](O)[C@@H](O)[C@@H](O[C@H]1[C@H](O)[C@H]2O)O[C@@H]9CO)O[C@@H]8CO)O[C@@H]7CO)O[C@@H]6CO)O[C@@H]5CO)O[C@@H]4CO)O[C@@H]3CO)C(=O)OCC1c2ccccc2-c2ccccc21. The molecule has 1 aromatic heterocycles. The number of aliphatic carboxylic acids is 1. The zero-order chi connectivity index (χ0) is 87.1. The number of carboxylic acid groups (broad SMARTS) is 1. The van der Waals surface area contributed by atoms with E-state index < -0.39 is 329 Å². The number of nitrogens with one attached hydrogen (secondary N) is 2. The van der Waals surface area contributed by atoms with Crippen molar-refractivity contribution in [2.24, 2.45) is 0 Å². The minimum atomic E-state index is -2.43. The van der Waals surface area contributed by atoms with Gasteiger partial charge in [0.2, 0.25) is 0 Å². The summed E-state index contributed by atoms with van der Waals surface area (Å²) in [5.41, 5.74) is 4.58. The molecule has 41 atom stereocenters. The highest BCUT2D eigenvalue weighted by molar-refractivity contribution is 5.84. The van der Waals surface area contributed by atoms with Gasteiger partial charge in [0.05, 0.1) is 52.8 Å². The molecule has 0 radical (unpaired) electrons. The summed E-state index contributed by atoms with van der Waals surface area (Å²) in [6, 6.07) is 20.5. The summed E-state index contributed by atoms with van der Waals surface area (Å²) in [5.74, 6) is -1.87. The fourth-order valence-corrected chi connectivity index (χ4v) is 17.2. The average molecular weight is 1750 g/mol. The molecule has 35 rings (SSSR count). The number of hydrogen-bond acceptors (Lipinski definition) is 43. The number of carbonyl (C=O) groups is 2. The lowest BCUT2D eigenvalue weighted by Crippen LogP contribution is -2.69. The number of rotatable bonds is 18. The van der Waals surface area contributed by atoms with Gasteiger partial charge in [-0.15, -0.1) is 0 Å². The summed E-state index contributed by atoms with van der Waals surface area (Å²) in [5, 5.41) is 279. The van der Waals surface area contributed by atoms with Crippen LogP contribution >= 0.6 is 0 Å². The number of amides is 1. The van der Waals surface area contributed by atoms with Crippen molar-refractivity contribution < 1.29 is 213 Å². The maximum absolute atomic E-state index is 15.2. The Morgan fingerprint density at radius 3 is 0.926 bits per heavy atom. The van der Waals surface area contributed by atoms with E-state index in [-0.39, 0.29) is 19.6 Å². The molecule has 0 saturated carbocycles. The second-order valence-corrected chi connectivity index (χ2v) is 31.4. The molecule has 3 aromatic carbocycles. The van der Waals surface area contributed by atoms with E-state index in [9.17, 15) is 127 Å². The topological polar surface area (TPSA) is 708 Å². The number of aliphatic hydroxyl groups is 23. The number of fused-ring (bicyclic) bond motifs is 4. The Morgan fingerprint density at radius 2 is 0.631 bits per heavy atom. The third-order valence-electron chi connectivity index (χ3n) is 23.9. The van der Waals surface area contributed by atoms with E-state index in [1.165, 1.54) is 0 Å². The second kappa shape index (κ2) is 39.9. The van der Waals surface area contributed by atoms with Crippen LogP contribution in [0.4, 0.5) is 4.79 Å². The lowest BCUT2D eigenvalue weighted by Gasteiger charge is -2.51. The van der Waals surface area contributed by atoms with Crippen molar-refractivity contribution in [2.75, 3.05) is 72.5 Å². The van der Waals surface area contributed by atoms with Gasteiger partial charge in [-0.2, -0.15) is 0 Å². The minimum Gasteiger partial charge on any atom is -0.480 e. The van der Waals surface area contributed by atoms with Crippen LogP contribution in [-0.2, 0) is 91.7 Å².